The van der Waals surface area contributed by atoms with Gasteiger partial charge in [0.15, 0.2) is 0 Å². The Labute approximate surface area is 85.6 Å². The zero-order valence-electron chi connectivity index (χ0n) is 9.15. The average molecular weight is 190 g/mol. The van der Waals surface area contributed by atoms with Gasteiger partial charge in [0, 0.05) is 11.8 Å². The Kier molecular flexibility index (Phi) is 1.24. The summed E-state index contributed by atoms with van der Waals surface area (Å²) in [5.41, 5.74) is 2.05. The zero-order valence-corrected chi connectivity index (χ0v) is 9.15. The van der Waals surface area contributed by atoms with Crippen molar-refractivity contribution in [1.82, 2.24) is 0 Å². The summed E-state index contributed by atoms with van der Waals surface area (Å²) in [5, 5.41) is 0. The van der Waals surface area contributed by atoms with Crippen LogP contribution in [0, 0.1) is 16.2 Å². The van der Waals surface area contributed by atoms with E-state index in [1.165, 1.54) is 12.0 Å². The highest BCUT2D eigenvalue weighted by Gasteiger charge is 2.78. The minimum absolute atomic E-state index is 0.0272. The fourth-order valence-corrected chi connectivity index (χ4v) is 4.40. The maximum Gasteiger partial charge on any atom is 0.139 e. The predicted octanol–water partition coefficient (Wildman–Crippen LogP) is 3.10. The van der Waals surface area contributed by atoms with E-state index in [-0.39, 0.29) is 10.8 Å². The molecule has 0 N–H and O–H groups in total. The highest BCUT2D eigenvalue weighted by Crippen LogP contribution is 2.82. The molecule has 76 valence electrons. The average Bonchev–Trinajstić information content (AvgIpc) is 2.71. The van der Waals surface area contributed by atoms with Crippen LogP contribution in [0.3, 0.4) is 0 Å². The highest BCUT2D eigenvalue weighted by atomic mass is 16.1. The van der Waals surface area contributed by atoms with Gasteiger partial charge in [-0.25, -0.2) is 0 Å². The lowest BCUT2D eigenvalue weighted by Gasteiger charge is -2.40. The summed E-state index contributed by atoms with van der Waals surface area (Å²) in [6.07, 6.45) is 5.34. The van der Waals surface area contributed by atoms with Crippen molar-refractivity contribution >= 4 is 5.78 Å². The minimum atomic E-state index is 0.0272. The van der Waals surface area contributed by atoms with Gasteiger partial charge in [-0.1, -0.05) is 26.0 Å². The Hall–Kier alpha value is -0.590. The zero-order chi connectivity index (χ0) is 10.2. The first-order valence-corrected chi connectivity index (χ1v) is 5.68. The first kappa shape index (κ1) is 8.70. The molecule has 0 bridgehead atoms. The number of hydrogen-bond donors (Lipinski definition) is 0. The van der Waals surface area contributed by atoms with Gasteiger partial charge in [-0.05, 0) is 36.5 Å². The number of hydrogen-bond acceptors (Lipinski definition) is 1. The molecule has 0 aliphatic heterocycles. The first-order chi connectivity index (χ1) is 6.46. The van der Waals surface area contributed by atoms with Crippen molar-refractivity contribution in [2.75, 3.05) is 0 Å². The molecular formula is C13H18O. The van der Waals surface area contributed by atoms with E-state index < -0.39 is 0 Å². The SMILES string of the molecule is C=C1CC[C@@]23C[C@]2(C)C(=O)CC[C@@]13C. The van der Waals surface area contributed by atoms with E-state index in [4.69, 9.17) is 0 Å². The van der Waals surface area contributed by atoms with Crippen molar-refractivity contribution in [3.63, 3.8) is 0 Å². The van der Waals surface area contributed by atoms with E-state index in [1.54, 1.807) is 0 Å². The molecule has 14 heavy (non-hydrogen) atoms. The molecule has 1 spiro atoms. The molecule has 3 aliphatic rings. The third-order valence-electron chi connectivity index (χ3n) is 5.74. The molecule has 3 atom stereocenters. The lowest BCUT2D eigenvalue weighted by Crippen LogP contribution is -2.37. The maximum atomic E-state index is 11.9. The van der Waals surface area contributed by atoms with Crippen LogP contribution >= 0.6 is 0 Å². The Morgan fingerprint density at radius 3 is 2.57 bits per heavy atom. The van der Waals surface area contributed by atoms with Gasteiger partial charge >= 0.3 is 0 Å². The van der Waals surface area contributed by atoms with E-state index in [0.717, 1.165) is 25.7 Å². The summed E-state index contributed by atoms with van der Waals surface area (Å²) < 4.78 is 0. The van der Waals surface area contributed by atoms with Crippen molar-refractivity contribution in [2.45, 2.75) is 46.0 Å². The van der Waals surface area contributed by atoms with Gasteiger partial charge in [-0.15, -0.1) is 0 Å². The molecular weight excluding hydrogens is 172 g/mol. The third-order valence-corrected chi connectivity index (χ3v) is 5.74. The maximum absolute atomic E-state index is 11.9. The summed E-state index contributed by atoms with van der Waals surface area (Å²) in [6.45, 7) is 8.76. The number of rotatable bonds is 0. The van der Waals surface area contributed by atoms with Crippen LogP contribution in [0.15, 0.2) is 12.2 Å². The van der Waals surface area contributed by atoms with Crippen LogP contribution < -0.4 is 0 Å². The van der Waals surface area contributed by atoms with E-state index in [1.807, 2.05) is 0 Å². The van der Waals surface area contributed by atoms with Crippen LogP contribution in [-0.4, -0.2) is 5.78 Å². The van der Waals surface area contributed by atoms with Crippen LogP contribution in [0.4, 0.5) is 0 Å². The molecule has 0 aromatic heterocycles. The molecule has 0 aromatic carbocycles. The molecule has 0 radical (unpaired) electrons. The van der Waals surface area contributed by atoms with Crippen LogP contribution in [-0.2, 0) is 4.79 Å². The lowest BCUT2D eigenvalue weighted by molar-refractivity contribution is -0.129. The van der Waals surface area contributed by atoms with Gasteiger partial charge in [0.05, 0.1) is 0 Å². The van der Waals surface area contributed by atoms with E-state index in [0.29, 0.717) is 11.2 Å². The molecule has 3 saturated carbocycles. The van der Waals surface area contributed by atoms with Crippen molar-refractivity contribution in [1.29, 1.82) is 0 Å². The summed E-state index contributed by atoms with van der Waals surface area (Å²) >= 11 is 0. The number of ketones is 1. The summed E-state index contributed by atoms with van der Waals surface area (Å²) in [6, 6.07) is 0. The molecule has 0 heterocycles. The smallest absolute Gasteiger partial charge is 0.139 e. The second-order valence-corrected chi connectivity index (χ2v) is 5.95. The monoisotopic (exact) mass is 190 g/mol. The van der Waals surface area contributed by atoms with Gasteiger partial charge in [0.25, 0.3) is 0 Å². The van der Waals surface area contributed by atoms with E-state index in [2.05, 4.69) is 20.4 Å². The topological polar surface area (TPSA) is 17.1 Å². The third kappa shape index (κ3) is 0.600. The first-order valence-electron chi connectivity index (χ1n) is 5.68. The molecule has 1 heteroatoms. The van der Waals surface area contributed by atoms with Gasteiger partial charge in [-0.3, -0.25) is 4.79 Å². The lowest BCUT2D eigenvalue weighted by atomic mass is 9.63. The van der Waals surface area contributed by atoms with Crippen molar-refractivity contribution < 1.29 is 4.79 Å². The van der Waals surface area contributed by atoms with Gasteiger partial charge in [0.1, 0.15) is 5.78 Å². The second kappa shape index (κ2) is 2.00. The fraction of sp³-hybridized carbons (Fsp3) is 0.769. The van der Waals surface area contributed by atoms with Gasteiger partial charge in [-0.2, -0.15) is 0 Å². The summed E-state index contributed by atoms with van der Waals surface area (Å²) in [7, 11) is 0. The van der Waals surface area contributed by atoms with E-state index in [9.17, 15) is 4.79 Å². The minimum Gasteiger partial charge on any atom is -0.299 e. The van der Waals surface area contributed by atoms with Crippen molar-refractivity contribution in [3.8, 4) is 0 Å². The number of carbonyl (C=O) groups excluding carboxylic acids is 1. The molecule has 0 saturated heterocycles. The predicted molar refractivity (Wildman–Crippen MR) is 55.9 cm³/mol. The van der Waals surface area contributed by atoms with Gasteiger partial charge < -0.3 is 0 Å². The quantitative estimate of drug-likeness (QED) is 0.536. The Morgan fingerprint density at radius 1 is 1.14 bits per heavy atom. The number of allylic oxidation sites excluding steroid dienone is 1. The fourth-order valence-electron chi connectivity index (χ4n) is 4.40. The Morgan fingerprint density at radius 2 is 1.86 bits per heavy atom. The van der Waals surface area contributed by atoms with Crippen LogP contribution in [0.25, 0.3) is 0 Å². The van der Waals surface area contributed by atoms with Crippen molar-refractivity contribution in [2.24, 2.45) is 16.2 Å². The molecule has 1 nitrogen and oxygen atoms in total. The van der Waals surface area contributed by atoms with Crippen LogP contribution in [0.5, 0.6) is 0 Å². The molecule has 3 aliphatic carbocycles. The molecule has 0 unspecified atom stereocenters. The molecule has 0 amide bonds. The Balaban J connectivity index is 2.13. The second-order valence-electron chi connectivity index (χ2n) is 5.95. The van der Waals surface area contributed by atoms with E-state index >= 15 is 0 Å². The normalized spacial score (nSPS) is 55.6. The standard InChI is InChI=1S/C13H18O/c1-9-4-7-13-8-12(13,3)10(14)5-6-11(9,13)2/h1,4-8H2,2-3H3/t11-,12+,13-/m0/s1. The molecule has 3 rings (SSSR count). The summed E-state index contributed by atoms with van der Waals surface area (Å²) in [4.78, 5) is 11.9. The highest BCUT2D eigenvalue weighted by molar-refractivity contribution is 5.90. The summed E-state index contributed by atoms with van der Waals surface area (Å²) in [5.74, 6) is 0.518. The molecule has 3 fully saturated rings. The van der Waals surface area contributed by atoms with Crippen LogP contribution in [0.1, 0.15) is 46.0 Å². The van der Waals surface area contributed by atoms with Crippen molar-refractivity contribution in [3.05, 3.63) is 12.2 Å². The van der Waals surface area contributed by atoms with Crippen LogP contribution in [0.2, 0.25) is 0 Å². The number of carbonyl (C=O) groups is 1. The van der Waals surface area contributed by atoms with Gasteiger partial charge in [0.2, 0.25) is 0 Å². The molecule has 0 aromatic rings. The Bertz CT molecular complexity index is 356. The number of Topliss-reactive ketones (excluding diaryl/α,β-unsaturated/α-hetero) is 1. The largest absolute Gasteiger partial charge is 0.299 e.